The van der Waals surface area contributed by atoms with Gasteiger partial charge in [0, 0.05) is 44.6 Å². The Morgan fingerprint density at radius 2 is 1.87 bits per heavy atom. The first-order chi connectivity index (χ1) is 14.8. The molecule has 1 saturated heterocycles. The highest BCUT2D eigenvalue weighted by Gasteiger charge is 2.21. The first kappa shape index (κ1) is 20.3. The second-order valence-electron chi connectivity index (χ2n) is 7.50. The molecule has 0 spiro atoms. The van der Waals surface area contributed by atoms with Crippen molar-refractivity contribution in [3.8, 4) is 11.3 Å². The zero-order valence-corrected chi connectivity index (χ0v) is 17.0. The van der Waals surface area contributed by atoms with Crippen LogP contribution in [0.5, 0.6) is 0 Å². The molecule has 0 aliphatic carbocycles. The summed E-state index contributed by atoms with van der Waals surface area (Å²) in [4.78, 5) is 18.9. The molecule has 2 heterocycles. The van der Waals surface area contributed by atoms with E-state index in [1.807, 2.05) is 36.4 Å². The van der Waals surface area contributed by atoms with Gasteiger partial charge in [-0.1, -0.05) is 60.7 Å². The topological polar surface area (TPSA) is 67.6 Å². The number of morpholine rings is 1. The Balaban J connectivity index is 1.19. The fourth-order valence-electron chi connectivity index (χ4n) is 3.59. The number of aromatic nitrogens is 1. The molecule has 6 heteroatoms. The number of nitrogens with zero attached hydrogens (tertiary/aromatic N) is 2. The van der Waals surface area contributed by atoms with E-state index in [0.717, 1.165) is 31.0 Å². The third kappa shape index (κ3) is 5.78. The number of hydrogen-bond donors (Lipinski definition) is 1. The third-order valence-electron chi connectivity index (χ3n) is 5.18. The summed E-state index contributed by atoms with van der Waals surface area (Å²) in [6, 6.07) is 20.2. The summed E-state index contributed by atoms with van der Waals surface area (Å²) in [5.41, 5.74) is 2.28. The molecule has 3 aromatic rings. The maximum Gasteiger partial charge on any atom is 0.220 e. The average molecular weight is 405 g/mol. The lowest BCUT2D eigenvalue weighted by molar-refractivity contribution is -0.122. The number of nitrogens with one attached hydrogen (secondary N) is 1. The largest absolute Gasteiger partial charge is 0.441 e. The van der Waals surface area contributed by atoms with Crippen molar-refractivity contribution < 1.29 is 13.9 Å². The van der Waals surface area contributed by atoms with Gasteiger partial charge in [0.05, 0.1) is 18.9 Å². The van der Waals surface area contributed by atoms with E-state index >= 15 is 0 Å². The second-order valence-corrected chi connectivity index (χ2v) is 7.50. The van der Waals surface area contributed by atoms with Crippen molar-refractivity contribution in [3.63, 3.8) is 0 Å². The van der Waals surface area contributed by atoms with Gasteiger partial charge in [0.2, 0.25) is 5.91 Å². The van der Waals surface area contributed by atoms with Crippen LogP contribution in [0.1, 0.15) is 17.9 Å². The zero-order valence-electron chi connectivity index (χ0n) is 17.0. The van der Waals surface area contributed by atoms with Crippen LogP contribution in [0, 0.1) is 0 Å². The maximum absolute atomic E-state index is 12.3. The van der Waals surface area contributed by atoms with Gasteiger partial charge in [-0.3, -0.25) is 9.69 Å². The van der Waals surface area contributed by atoms with Crippen LogP contribution in [0.25, 0.3) is 11.3 Å². The Bertz CT molecular complexity index is 927. The molecule has 1 amide bonds. The molecular formula is C24H27N3O3. The SMILES string of the molecule is O=C(CCc1ncc(-c2ccccc2)o1)NC[C@@H]1CN(Cc2ccccc2)CCO1. The van der Waals surface area contributed by atoms with Crippen LogP contribution in [-0.2, 0) is 22.5 Å². The molecule has 1 aromatic heterocycles. The van der Waals surface area contributed by atoms with Crippen molar-refractivity contribution in [2.24, 2.45) is 0 Å². The standard InChI is InChI=1S/C24H27N3O3/c28-23(11-12-24-26-16-22(30-24)20-9-5-2-6-10-20)25-15-21-18-27(13-14-29-21)17-19-7-3-1-4-8-19/h1-10,16,21H,11-15,17-18H2,(H,25,28)/t21-/m1/s1. The van der Waals surface area contributed by atoms with Crippen molar-refractivity contribution in [3.05, 3.63) is 78.3 Å². The molecule has 0 radical (unpaired) electrons. The Hall–Kier alpha value is -2.96. The van der Waals surface area contributed by atoms with Crippen LogP contribution < -0.4 is 5.32 Å². The summed E-state index contributed by atoms with van der Waals surface area (Å²) in [7, 11) is 0. The van der Waals surface area contributed by atoms with Gasteiger partial charge in [0.25, 0.3) is 0 Å². The van der Waals surface area contributed by atoms with Crippen molar-refractivity contribution >= 4 is 5.91 Å². The lowest BCUT2D eigenvalue weighted by Gasteiger charge is -2.33. The van der Waals surface area contributed by atoms with Crippen LogP contribution in [0.4, 0.5) is 0 Å². The molecule has 0 saturated carbocycles. The van der Waals surface area contributed by atoms with E-state index in [4.69, 9.17) is 9.15 Å². The fraction of sp³-hybridized carbons (Fsp3) is 0.333. The van der Waals surface area contributed by atoms with Gasteiger partial charge in [-0.2, -0.15) is 0 Å². The van der Waals surface area contributed by atoms with E-state index < -0.39 is 0 Å². The number of hydrogen-bond acceptors (Lipinski definition) is 5. The number of aryl methyl sites for hydroxylation is 1. The normalized spacial score (nSPS) is 17.0. The zero-order chi connectivity index (χ0) is 20.6. The minimum absolute atomic E-state index is 0.0119. The quantitative estimate of drug-likeness (QED) is 0.623. The van der Waals surface area contributed by atoms with E-state index in [9.17, 15) is 4.79 Å². The lowest BCUT2D eigenvalue weighted by Crippen LogP contribution is -2.47. The van der Waals surface area contributed by atoms with Gasteiger partial charge < -0.3 is 14.5 Å². The van der Waals surface area contributed by atoms with E-state index in [0.29, 0.717) is 31.9 Å². The minimum Gasteiger partial charge on any atom is -0.441 e. The van der Waals surface area contributed by atoms with E-state index in [2.05, 4.69) is 39.5 Å². The van der Waals surface area contributed by atoms with Crippen LogP contribution in [0.2, 0.25) is 0 Å². The third-order valence-corrected chi connectivity index (χ3v) is 5.18. The first-order valence-corrected chi connectivity index (χ1v) is 10.4. The fourth-order valence-corrected chi connectivity index (χ4v) is 3.59. The predicted octanol–water partition coefficient (Wildman–Crippen LogP) is 3.29. The highest BCUT2D eigenvalue weighted by Crippen LogP contribution is 2.20. The highest BCUT2D eigenvalue weighted by atomic mass is 16.5. The van der Waals surface area contributed by atoms with Crippen LogP contribution in [0.3, 0.4) is 0 Å². The van der Waals surface area contributed by atoms with Gasteiger partial charge >= 0.3 is 0 Å². The number of oxazole rings is 1. The summed E-state index contributed by atoms with van der Waals surface area (Å²) in [5, 5.41) is 2.99. The van der Waals surface area contributed by atoms with Gasteiger partial charge in [-0.15, -0.1) is 0 Å². The minimum atomic E-state index is -0.0155. The van der Waals surface area contributed by atoms with E-state index in [1.54, 1.807) is 6.20 Å². The summed E-state index contributed by atoms with van der Waals surface area (Å²) < 4.78 is 11.6. The van der Waals surface area contributed by atoms with Crippen molar-refractivity contribution in [1.29, 1.82) is 0 Å². The van der Waals surface area contributed by atoms with E-state index in [-0.39, 0.29) is 12.0 Å². The number of amides is 1. The summed E-state index contributed by atoms with van der Waals surface area (Å²) in [5.74, 6) is 1.28. The summed E-state index contributed by atoms with van der Waals surface area (Å²) in [6.45, 7) is 3.84. The molecule has 1 aliphatic rings. The molecule has 1 aliphatic heterocycles. The number of carbonyl (C=O) groups is 1. The number of carbonyl (C=O) groups excluding carboxylic acids is 1. The summed E-state index contributed by atoms with van der Waals surface area (Å²) >= 11 is 0. The number of rotatable bonds is 8. The van der Waals surface area contributed by atoms with Gasteiger partial charge in [0.15, 0.2) is 11.7 Å². The molecule has 0 unspecified atom stereocenters. The van der Waals surface area contributed by atoms with Crippen molar-refractivity contribution in [2.75, 3.05) is 26.2 Å². The maximum atomic E-state index is 12.3. The van der Waals surface area contributed by atoms with Gasteiger partial charge in [-0.05, 0) is 5.56 Å². The molecule has 1 N–H and O–H groups in total. The van der Waals surface area contributed by atoms with Gasteiger partial charge in [-0.25, -0.2) is 4.98 Å². The molecule has 4 rings (SSSR count). The van der Waals surface area contributed by atoms with Crippen molar-refractivity contribution in [1.82, 2.24) is 15.2 Å². The highest BCUT2D eigenvalue weighted by molar-refractivity contribution is 5.76. The lowest BCUT2D eigenvalue weighted by atomic mass is 10.2. The van der Waals surface area contributed by atoms with Crippen LogP contribution >= 0.6 is 0 Å². The summed E-state index contributed by atoms with van der Waals surface area (Å²) in [6.07, 6.45) is 2.54. The Morgan fingerprint density at radius 3 is 2.67 bits per heavy atom. The predicted molar refractivity (Wildman–Crippen MR) is 115 cm³/mol. The monoisotopic (exact) mass is 405 g/mol. The molecule has 1 fully saturated rings. The average Bonchev–Trinajstić information content (AvgIpc) is 3.27. The molecule has 30 heavy (non-hydrogen) atoms. The van der Waals surface area contributed by atoms with Crippen molar-refractivity contribution in [2.45, 2.75) is 25.5 Å². The second kappa shape index (κ2) is 10.2. The number of benzene rings is 2. The Labute approximate surface area is 176 Å². The molecule has 2 aromatic carbocycles. The molecule has 0 bridgehead atoms. The Kier molecular flexibility index (Phi) is 6.90. The van der Waals surface area contributed by atoms with Gasteiger partial charge in [0.1, 0.15) is 0 Å². The first-order valence-electron chi connectivity index (χ1n) is 10.4. The molecule has 6 nitrogen and oxygen atoms in total. The van der Waals surface area contributed by atoms with Crippen LogP contribution in [-0.4, -0.2) is 48.1 Å². The Morgan fingerprint density at radius 1 is 1.10 bits per heavy atom. The van der Waals surface area contributed by atoms with E-state index in [1.165, 1.54) is 5.56 Å². The molecule has 1 atom stereocenters. The van der Waals surface area contributed by atoms with Crippen LogP contribution in [0.15, 0.2) is 71.3 Å². The smallest absolute Gasteiger partial charge is 0.220 e. The molecule has 156 valence electrons. The molecular weight excluding hydrogens is 378 g/mol. The number of ether oxygens (including phenoxy) is 1.